The van der Waals surface area contributed by atoms with Crippen molar-refractivity contribution in [2.24, 2.45) is 5.73 Å². The maximum atomic E-state index is 11.4. The van der Waals surface area contributed by atoms with Gasteiger partial charge in [-0.1, -0.05) is 0 Å². The lowest BCUT2D eigenvalue weighted by Gasteiger charge is -2.22. The second-order valence-corrected chi connectivity index (χ2v) is 3.10. The van der Waals surface area contributed by atoms with E-state index in [4.69, 9.17) is 5.73 Å². The normalized spacial score (nSPS) is 11.8. The Balaban J connectivity index is 5.00. The van der Waals surface area contributed by atoms with Gasteiger partial charge in [0, 0.05) is 35.2 Å². The van der Waals surface area contributed by atoms with E-state index in [1.165, 1.54) is 0 Å². The van der Waals surface area contributed by atoms with Crippen molar-refractivity contribution in [1.29, 1.82) is 0 Å². The van der Waals surface area contributed by atoms with Crippen LogP contribution in [0.5, 0.6) is 0 Å². The molecule has 0 aromatic heterocycles. The molecule has 0 fully saturated rings. The number of rotatable bonds is 3. The molecule has 0 atom stereocenters. The van der Waals surface area contributed by atoms with Crippen LogP contribution in [0, 0.1) is 0 Å². The molecule has 0 aliphatic rings. The van der Waals surface area contributed by atoms with Gasteiger partial charge in [-0.25, -0.2) is 0 Å². The molecule has 13 heavy (non-hydrogen) atoms. The number of nitrogens with two attached hydrogens (primary N) is 1. The van der Waals surface area contributed by atoms with Crippen LogP contribution in [0.4, 0.5) is 0 Å². The maximum absolute atomic E-state index is 11.4. The molecule has 0 bridgehead atoms. The number of nitrogens with one attached hydrogen (secondary N) is 1. The van der Waals surface area contributed by atoms with Crippen molar-refractivity contribution in [2.45, 2.75) is 0 Å². The highest BCUT2D eigenvalue weighted by Crippen LogP contribution is 2.04. The fraction of sp³-hybridized carbons (Fsp3) is 0.625. The van der Waals surface area contributed by atoms with Crippen molar-refractivity contribution in [2.75, 3.05) is 35.2 Å². The number of carbonyl (C=O) groups is 1. The summed E-state index contributed by atoms with van der Waals surface area (Å²) in [5.74, 6) is 0.264. The average Bonchev–Trinajstić information content (AvgIpc) is 2.03. The summed E-state index contributed by atoms with van der Waals surface area (Å²) in [5.41, 5.74) is 6.21. The molecular formula is C8H18N4O. The Hall–Kier alpha value is -1.39. The third-order valence-electron chi connectivity index (χ3n) is 1.61. The molecule has 0 aromatic carbocycles. The van der Waals surface area contributed by atoms with E-state index in [0.717, 1.165) is 0 Å². The summed E-state index contributed by atoms with van der Waals surface area (Å²) < 4.78 is 0. The first-order valence-electron chi connectivity index (χ1n) is 3.98. The van der Waals surface area contributed by atoms with Gasteiger partial charge in [0.15, 0.2) is 0 Å². The second kappa shape index (κ2) is 4.59. The molecule has 0 heterocycles. The van der Waals surface area contributed by atoms with E-state index in [9.17, 15) is 4.79 Å². The summed E-state index contributed by atoms with van der Waals surface area (Å²) in [7, 11) is 8.72. The van der Waals surface area contributed by atoms with Crippen LogP contribution in [0.25, 0.3) is 0 Å². The number of amides is 1. The van der Waals surface area contributed by atoms with Crippen molar-refractivity contribution in [3.63, 3.8) is 0 Å². The van der Waals surface area contributed by atoms with E-state index in [0.29, 0.717) is 11.5 Å². The Morgan fingerprint density at radius 3 is 1.85 bits per heavy atom. The molecule has 0 spiro atoms. The number of hydrogen-bond donors (Lipinski definition) is 2. The van der Waals surface area contributed by atoms with Gasteiger partial charge in [-0.3, -0.25) is 4.79 Å². The quantitative estimate of drug-likeness (QED) is 0.554. The fourth-order valence-electron chi connectivity index (χ4n) is 0.879. The predicted molar refractivity (Wildman–Crippen MR) is 52.7 cm³/mol. The van der Waals surface area contributed by atoms with Crippen LogP contribution in [-0.2, 0) is 4.79 Å². The Morgan fingerprint density at radius 1 is 1.15 bits per heavy atom. The summed E-state index contributed by atoms with van der Waals surface area (Å²) in [6, 6.07) is 0. The first-order valence-corrected chi connectivity index (χ1v) is 3.98. The molecule has 3 N–H and O–H groups in total. The third-order valence-corrected chi connectivity index (χ3v) is 1.61. The van der Waals surface area contributed by atoms with Crippen LogP contribution in [0.2, 0.25) is 0 Å². The Labute approximate surface area is 79.2 Å². The number of carbonyl (C=O) groups excluding carboxylic acids is 1. The van der Waals surface area contributed by atoms with Crippen molar-refractivity contribution in [3.8, 4) is 0 Å². The highest BCUT2D eigenvalue weighted by molar-refractivity contribution is 5.93. The second-order valence-electron chi connectivity index (χ2n) is 3.10. The largest absolute Gasteiger partial charge is 0.383 e. The number of hydrogen-bond acceptors (Lipinski definition) is 4. The monoisotopic (exact) mass is 186 g/mol. The standard InChI is InChI=1S/C8H18N4O/c1-10-8(13)6(11(2)3)7(9)12(4)5/h9H2,1-5H3,(H,10,13)/b7-6+. The van der Waals surface area contributed by atoms with Gasteiger partial charge in [0.1, 0.15) is 11.5 Å². The average molecular weight is 186 g/mol. The van der Waals surface area contributed by atoms with E-state index >= 15 is 0 Å². The van der Waals surface area contributed by atoms with E-state index in [-0.39, 0.29) is 5.91 Å². The van der Waals surface area contributed by atoms with Crippen LogP contribution in [-0.4, -0.2) is 50.9 Å². The van der Waals surface area contributed by atoms with Crippen LogP contribution >= 0.6 is 0 Å². The minimum absolute atomic E-state index is 0.184. The van der Waals surface area contributed by atoms with Gasteiger partial charge in [0.05, 0.1) is 0 Å². The minimum atomic E-state index is -0.184. The summed E-state index contributed by atoms with van der Waals surface area (Å²) >= 11 is 0. The maximum Gasteiger partial charge on any atom is 0.271 e. The predicted octanol–water partition coefficient (Wildman–Crippen LogP) is -1.02. The molecule has 0 aliphatic heterocycles. The lowest BCUT2D eigenvalue weighted by atomic mass is 10.3. The Kier molecular flexibility index (Phi) is 4.10. The first kappa shape index (κ1) is 11.6. The molecule has 0 aromatic rings. The Bertz CT molecular complexity index is 220. The van der Waals surface area contributed by atoms with Crippen molar-refractivity contribution in [3.05, 3.63) is 11.5 Å². The van der Waals surface area contributed by atoms with Gasteiger partial charge < -0.3 is 20.9 Å². The van der Waals surface area contributed by atoms with Crippen LogP contribution in [0.15, 0.2) is 11.5 Å². The van der Waals surface area contributed by atoms with Gasteiger partial charge >= 0.3 is 0 Å². The molecule has 5 nitrogen and oxygen atoms in total. The first-order chi connectivity index (χ1) is 5.91. The van der Waals surface area contributed by atoms with E-state index < -0.39 is 0 Å². The van der Waals surface area contributed by atoms with Crippen molar-refractivity contribution >= 4 is 5.91 Å². The van der Waals surface area contributed by atoms with E-state index in [1.807, 2.05) is 0 Å². The van der Waals surface area contributed by atoms with Crippen LogP contribution in [0.1, 0.15) is 0 Å². The lowest BCUT2D eigenvalue weighted by Crippen LogP contribution is -2.35. The summed E-state index contributed by atoms with van der Waals surface area (Å²) in [4.78, 5) is 14.8. The van der Waals surface area contributed by atoms with Gasteiger partial charge in [-0.2, -0.15) is 0 Å². The molecular weight excluding hydrogens is 168 g/mol. The molecule has 0 radical (unpaired) electrons. The van der Waals surface area contributed by atoms with Crippen LogP contribution < -0.4 is 11.1 Å². The SMILES string of the molecule is CNC(=O)/C(=C(/N)N(C)C)N(C)C. The molecule has 0 unspecified atom stereocenters. The van der Waals surface area contributed by atoms with Crippen molar-refractivity contribution < 1.29 is 4.79 Å². The highest BCUT2D eigenvalue weighted by atomic mass is 16.2. The molecule has 5 heteroatoms. The van der Waals surface area contributed by atoms with Crippen molar-refractivity contribution in [1.82, 2.24) is 15.1 Å². The smallest absolute Gasteiger partial charge is 0.271 e. The number of likely N-dealkylation sites (N-methyl/N-ethyl adjacent to an activating group) is 2. The minimum Gasteiger partial charge on any atom is -0.383 e. The summed E-state index contributed by atoms with van der Waals surface area (Å²) in [6.07, 6.45) is 0. The molecule has 76 valence electrons. The van der Waals surface area contributed by atoms with Gasteiger partial charge in [0.25, 0.3) is 5.91 Å². The topological polar surface area (TPSA) is 61.6 Å². The van der Waals surface area contributed by atoms with E-state index in [2.05, 4.69) is 5.32 Å². The molecule has 0 rings (SSSR count). The Morgan fingerprint density at radius 2 is 1.62 bits per heavy atom. The van der Waals surface area contributed by atoms with E-state index in [1.54, 1.807) is 45.0 Å². The zero-order chi connectivity index (χ0) is 10.6. The van der Waals surface area contributed by atoms with Crippen LogP contribution in [0.3, 0.4) is 0 Å². The highest BCUT2D eigenvalue weighted by Gasteiger charge is 2.15. The van der Waals surface area contributed by atoms with Gasteiger partial charge in [-0.05, 0) is 0 Å². The fourth-order valence-corrected chi connectivity index (χ4v) is 0.879. The number of nitrogens with zero attached hydrogens (tertiary/aromatic N) is 2. The summed E-state index contributed by atoms with van der Waals surface area (Å²) in [5, 5.41) is 2.54. The molecule has 0 saturated heterocycles. The molecule has 0 saturated carbocycles. The molecule has 1 amide bonds. The summed E-state index contributed by atoms with van der Waals surface area (Å²) in [6.45, 7) is 0. The lowest BCUT2D eigenvalue weighted by molar-refractivity contribution is -0.118. The third kappa shape index (κ3) is 2.85. The van der Waals surface area contributed by atoms with Gasteiger partial charge in [0.2, 0.25) is 0 Å². The molecule has 0 aliphatic carbocycles. The zero-order valence-corrected chi connectivity index (χ0v) is 8.88. The van der Waals surface area contributed by atoms with Gasteiger partial charge in [-0.15, -0.1) is 0 Å². The zero-order valence-electron chi connectivity index (χ0n) is 8.88.